The smallest absolute Gasteiger partial charge is 0.255 e. The topological polar surface area (TPSA) is 91.8 Å². The number of carbonyl (C=O) groups is 1. The van der Waals surface area contributed by atoms with E-state index in [1.807, 2.05) is 33.8 Å². The van der Waals surface area contributed by atoms with E-state index in [0.29, 0.717) is 24.2 Å². The predicted molar refractivity (Wildman–Crippen MR) is 77.9 cm³/mol. The molecule has 0 saturated heterocycles. The summed E-state index contributed by atoms with van der Waals surface area (Å²) in [6.45, 7) is 7.98. The number of aromatic nitrogens is 1. The quantitative estimate of drug-likeness (QED) is 0.371. The van der Waals surface area contributed by atoms with Gasteiger partial charge in [0.1, 0.15) is 5.84 Å². The van der Waals surface area contributed by atoms with Crippen molar-refractivity contribution in [2.45, 2.75) is 40.2 Å². The van der Waals surface area contributed by atoms with Crippen molar-refractivity contribution >= 4 is 11.7 Å². The number of amidine groups is 1. The molecule has 0 aliphatic rings. The summed E-state index contributed by atoms with van der Waals surface area (Å²) in [7, 11) is 0. The number of rotatable bonds is 5. The van der Waals surface area contributed by atoms with E-state index in [0.717, 1.165) is 5.69 Å². The first-order valence-corrected chi connectivity index (χ1v) is 6.58. The van der Waals surface area contributed by atoms with Crippen molar-refractivity contribution in [3.63, 3.8) is 0 Å². The molecule has 1 heterocycles. The Labute approximate surface area is 119 Å². The summed E-state index contributed by atoms with van der Waals surface area (Å²) in [6, 6.07) is 3.64. The molecular formula is C14H22N4O2. The molecule has 3 N–H and O–H groups in total. The van der Waals surface area contributed by atoms with E-state index in [1.54, 1.807) is 11.0 Å². The van der Waals surface area contributed by atoms with Crippen LogP contribution >= 0.6 is 0 Å². The van der Waals surface area contributed by atoms with Gasteiger partial charge in [-0.25, -0.2) is 0 Å². The highest BCUT2D eigenvalue weighted by molar-refractivity contribution is 5.95. The zero-order valence-corrected chi connectivity index (χ0v) is 12.4. The number of pyridine rings is 1. The lowest BCUT2D eigenvalue weighted by Gasteiger charge is -2.27. The Bertz CT molecular complexity index is 512. The third-order valence-corrected chi connectivity index (χ3v) is 3.08. The van der Waals surface area contributed by atoms with Gasteiger partial charge in [0.05, 0.1) is 11.3 Å². The highest BCUT2D eigenvalue weighted by Crippen LogP contribution is 2.13. The minimum absolute atomic E-state index is 0.0229. The summed E-state index contributed by atoms with van der Waals surface area (Å²) in [4.78, 5) is 18.6. The largest absolute Gasteiger partial charge is 0.409 e. The van der Waals surface area contributed by atoms with E-state index in [4.69, 9.17) is 10.9 Å². The molecule has 0 spiro atoms. The van der Waals surface area contributed by atoms with E-state index in [9.17, 15) is 4.79 Å². The average Bonchev–Trinajstić information content (AvgIpc) is 2.37. The minimum atomic E-state index is -0.0873. The van der Waals surface area contributed by atoms with Gasteiger partial charge in [-0.05, 0) is 39.8 Å². The maximum absolute atomic E-state index is 12.6. The zero-order valence-electron chi connectivity index (χ0n) is 12.4. The van der Waals surface area contributed by atoms with Crippen LogP contribution in [-0.4, -0.2) is 39.4 Å². The molecule has 0 aromatic carbocycles. The van der Waals surface area contributed by atoms with Crippen molar-refractivity contribution in [1.82, 2.24) is 9.88 Å². The molecule has 0 unspecified atom stereocenters. The van der Waals surface area contributed by atoms with Gasteiger partial charge in [0.25, 0.3) is 5.91 Å². The van der Waals surface area contributed by atoms with Gasteiger partial charge in [0.15, 0.2) is 0 Å². The Hall–Kier alpha value is -2.11. The number of hydrogen-bond donors (Lipinski definition) is 2. The van der Waals surface area contributed by atoms with Crippen LogP contribution in [0, 0.1) is 13.8 Å². The van der Waals surface area contributed by atoms with Crippen molar-refractivity contribution in [1.29, 1.82) is 0 Å². The molecule has 6 heteroatoms. The van der Waals surface area contributed by atoms with Crippen LogP contribution in [0.15, 0.2) is 17.3 Å². The molecule has 110 valence electrons. The fourth-order valence-electron chi connectivity index (χ4n) is 1.95. The lowest BCUT2D eigenvalue weighted by molar-refractivity contribution is 0.0709. The number of oxime groups is 1. The second kappa shape index (κ2) is 6.88. The van der Waals surface area contributed by atoms with Crippen LogP contribution in [0.4, 0.5) is 0 Å². The Morgan fingerprint density at radius 2 is 2.10 bits per heavy atom. The second-order valence-electron chi connectivity index (χ2n) is 5.02. The third kappa shape index (κ3) is 3.94. The van der Waals surface area contributed by atoms with Gasteiger partial charge in [-0.1, -0.05) is 5.16 Å². The maximum Gasteiger partial charge on any atom is 0.255 e. The fourth-order valence-corrected chi connectivity index (χ4v) is 1.95. The molecule has 1 aromatic heterocycles. The Morgan fingerprint density at radius 3 is 2.60 bits per heavy atom. The lowest BCUT2D eigenvalue weighted by Crippen LogP contribution is -2.39. The van der Waals surface area contributed by atoms with E-state index < -0.39 is 0 Å². The minimum Gasteiger partial charge on any atom is -0.409 e. The van der Waals surface area contributed by atoms with Crippen LogP contribution in [0.5, 0.6) is 0 Å². The molecule has 20 heavy (non-hydrogen) atoms. The molecule has 1 amide bonds. The monoisotopic (exact) mass is 278 g/mol. The predicted octanol–water partition coefficient (Wildman–Crippen LogP) is 1.69. The van der Waals surface area contributed by atoms with Crippen molar-refractivity contribution in [3.8, 4) is 0 Å². The molecular weight excluding hydrogens is 256 g/mol. The van der Waals surface area contributed by atoms with Crippen molar-refractivity contribution in [3.05, 3.63) is 29.1 Å². The maximum atomic E-state index is 12.6. The van der Waals surface area contributed by atoms with Gasteiger partial charge in [-0.15, -0.1) is 0 Å². The summed E-state index contributed by atoms with van der Waals surface area (Å²) in [5.74, 6) is 0.0259. The van der Waals surface area contributed by atoms with Crippen molar-refractivity contribution in [2.75, 3.05) is 6.54 Å². The number of carbonyl (C=O) groups excluding carboxylic acids is 1. The van der Waals surface area contributed by atoms with E-state index in [1.165, 1.54) is 0 Å². The Morgan fingerprint density at radius 1 is 1.45 bits per heavy atom. The third-order valence-electron chi connectivity index (χ3n) is 3.08. The summed E-state index contributed by atoms with van der Waals surface area (Å²) in [5.41, 5.74) is 7.64. The van der Waals surface area contributed by atoms with Crippen molar-refractivity contribution in [2.24, 2.45) is 10.9 Å². The van der Waals surface area contributed by atoms with Gasteiger partial charge < -0.3 is 15.8 Å². The van der Waals surface area contributed by atoms with Crippen LogP contribution in [0.1, 0.15) is 42.0 Å². The van der Waals surface area contributed by atoms with Crippen LogP contribution in [0.25, 0.3) is 0 Å². The Balaban J connectivity index is 2.94. The first-order valence-electron chi connectivity index (χ1n) is 6.58. The molecule has 1 aromatic rings. The molecule has 6 nitrogen and oxygen atoms in total. The normalized spacial score (nSPS) is 11.8. The molecule has 0 aliphatic carbocycles. The van der Waals surface area contributed by atoms with Gasteiger partial charge in [0.2, 0.25) is 0 Å². The summed E-state index contributed by atoms with van der Waals surface area (Å²) in [5, 5.41) is 11.5. The molecule has 0 aliphatic heterocycles. The Kier molecular flexibility index (Phi) is 5.49. The van der Waals surface area contributed by atoms with Gasteiger partial charge in [-0.2, -0.15) is 0 Å². The van der Waals surface area contributed by atoms with Gasteiger partial charge in [-0.3, -0.25) is 9.78 Å². The molecule has 0 bridgehead atoms. The number of amides is 1. The summed E-state index contributed by atoms with van der Waals surface area (Å²) >= 11 is 0. The standard InChI is InChI=1S/C14H22N4O2/c1-9(2)18(8-7-13(15)17-20)14(19)12-6-5-10(3)16-11(12)4/h5-6,9,20H,7-8H2,1-4H3,(H2,15,17). The zero-order chi connectivity index (χ0) is 15.3. The van der Waals surface area contributed by atoms with Crippen LogP contribution < -0.4 is 5.73 Å². The van der Waals surface area contributed by atoms with Gasteiger partial charge >= 0.3 is 0 Å². The van der Waals surface area contributed by atoms with E-state index >= 15 is 0 Å². The SMILES string of the molecule is Cc1ccc(C(=O)N(CCC(N)=NO)C(C)C)c(C)n1. The molecule has 1 rings (SSSR count). The summed E-state index contributed by atoms with van der Waals surface area (Å²) in [6.07, 6.45) is 0.332. The van der Waals surface area contributed by atoms with Crippen LogP contribution in [0.2, 0.25) is 0 Å². The first-order chi connectivity index (χ1) is 9.36. The van der Waals surface area contributed by atoms with Crippen LogP contribution in [0.3, 0.4) is 0 Å². The number of nitrogens with zero attached hydrogens (tertiary/aromatic N) is 3. The lowest BCUT2D eigenvalue weighted by atomic mass is 10.1. The first kappa shape index (κ1) is 15.9. The number of hydrogen-bond acceptors (Lipinski definition) is 4. The van der Waals surface area contributed by atoms with E-state index in [-0.39, 0.29) is 17.8 Å². The molecule has 0 fully saturated rings. The number of aryl methyl sites for hydroxylation is 2. The molecule has 0 atom stereocenters. The molecule has 0 radical (unpaired) electrons. The average molecular weight is 278 g/mol. The van der Waals surface area contributed by atoms with Crippen molar-refractivity contribution < 1.29 is 10.0 Å². The summed E-state index contributed by atoms with van der Waals surface area (Å²) < 4.78 is 0. The van der Waals surface area contributed by atoms with Crippen LogP contribution in [-0.2, 0) is 0 Å². The van der Waals surface area contributed by atoms with Gasteiger partial charge in [0, 0.05) is 24.7 Å². The second-order valence-corrected chi connectivity index (χ2v) is 5.02. The number of nitrogens with two attached hydrogens (primary N) is 1. The highest BCUT2D eigenvalue weighted by atomic mass is 16.4. The fraction of sp³-hybridized carbons (Fsp3) is 0.500. The molecule has 0 saturated carbocycles. The highest BCUT2D eigenvalue weighted by Gasteiger charge is 2.21. The van der Waals surface area contributed by atoms with E-state index in [2.05, 4.69) is 10.1 Å².